The van der Waals surface area contributed by atoms with Crippen LogP contribution in [0.4, 0.5) is 0 Å². The second-order valence-corrected chi connectivity index (χ2v) is 12.4. The van der Waals surface area contributed by atoms with Gasteiger partial charge in [-0.3, -0.25) is 14.2 Å². The van der Waals surface area contributed by atoms with Crippen LogP contribution in [-0.2, 0) is 29.7 Å². The van der Waals surface area contributed by atoms with E-state index in [0.29, 0.717) is 42.5 Å². The first-order valence-electron chi connectivity index (χ1n) is 15.9. The fourth-order valence-corrected chi connectivity index (χ4v) is 6.85. The molecule has 2 aromatic heterocycles. The number of pyridine rings is 1. The summed E-state index contributed by atoms with van der Waals surface area (Å²) in [4.78, 5) is 39.2. The smallest absolute Gasteiger partial charge is 0.419 e. The number of phenols is 1. The molecule has 46 heavy (non-hydrogen) atoms. The zero-order valence-corrected chi connectivity index (χ0v) is 25.6. The van der Waals surface area contributed by atoms with Crippen LogP contribution in [0.2, 0.25) is 0 Å². The minimum absolute atomic E-state index is 0.0616. The Bertz CT molecular complexity index is 1980. The molecule has 5 N–H and O–H groups in total. The van der Waals surface area contributed by atoms with Gasteiger partial charge in [-0.05, 0) is 78.6 Å². The molecule has 1 fully saturated rings. The maximum atomic E-state index is 12.7. The Morgan fingerprint density at radius 1 is 0.978 bits per heavy atom. The van der Waals surface area contributed by atoms with Crippen LogP contribution >= 0.6 is 0 Å². The predicted molar refractivity (Wildman–Crippen MR) is 175 cm³/mol. The van der Waals surface area contributed by atoms with E-state index < -0.39 is 23.2 Å². The summed E-state index contributed by atoms with van der Waals surface area (Å²) in [6.45, 7) is 1.17. The van der Waals surface area contributed by atoms with Gasteiger partial charge in [-0.25, -0.2) is 4.79 Å². The molecule has 0 aliphatic heterocycles. The number of carboxylic acids is 1. The van der Waals surface area contributed by atoms with E-state index in [1.807, 2.05) is 36.4 Å². The third-order valence-corrected chi connectivity index (χ3v) is 9.36. The summed E-state index contributed by atoms with van der Waals surface area (Å²) >= 11 is 0. The van der Waals surface area contributed by atoms with Crippen LogP contribution in [0.25, 0.3) is 22.0 Å². The molecule has 0 spiro atoms. The summed E-state index contributed by atoms with van der Waals surface area (Å²) in [5.41, 5.74) is 3.87. The molecule has 1 atom stereocenters. The van der Waals surface area contributed by atoms with E-state index in [9.17, 15) is 29.7 Å². The van der Waals surface area contributed by atoms with Crippen molar-refractivity contribution in [2.24, 2.45) is 0 Å². The third-order valence-electron chi connectivity index (χ3n) is 9.36. The van der Waals surface area contributed by atoms with Gasteiger partial charge in [-0.15, -0.1) is 0 Å². The molecule has 0 bridgehead atoms. The van der Waals surface area contributed by atoms with E-state index >= 15 is 0 Å². The van der Waals surface area contributed by atoms with E-state index in [1.165, 1.54) is 12.1 Å². The monoisotopic (exact) mass is 625 g/mol. The van der Waals surface area contributed by atoms with Crippen LogP contribution in [-0.4, -0.2) is 37.4 Å². The summed E-state index contributed by atoms with van der Waals surface area (Å²) in [5, 5.41) is 34.8. The molecule has 0 unspecified atom stereocenters. The number of hydrogen-bond donors (Lipinski definition) is 5. The molecular formula is C36H39N3O7. The maximum absolute atomic E-state index is 12.7. The number of aromatic nitrogens is 2. The quantitative estimate of drug-likeness (QED) is 0.117. The average Bonchev–Trinajstić information content (AvgIpc) is 3.37. The zero-order chi connectivity index (χ0) is 32.3. The lowest BCUT2D eigenvalue weighted by Crippen LogP contribution is -2.37. The molecule has 3 aromatic carbocycles. The van der Waals surface area contributed by atoms with Crippen molar-refractivity contribution >= 4 is 28.0 Å². The Labute approximate surface area is 265 Å². The summed E-state index contributed by atoms with van der Waals surface area (Å²) < 4.78 is 7.21. The van der Waals surface area contributed by atoms with Crippen molar-refractivity contribution in [3.63, 3.8) is 0 Å². The van der Waals surface area contributed by atoms with Gasteiger partial charge in [-0.2, -0.15) is 0 Å². The third kappa shape index (κ3) is 6.36. The SMILES string of the molecule is O=C(O)C1(c2cccc(CCCCn3c(=O)oc4cc(CNC[C@H](O)c5ccc(O)c6[nH]c(=O)ccc56)ccc43)c2)CCCCC1. The Hall–Kier alpha value is -4.67. The second-order valence-electron chi connectivity index (χ2n) is 12.4. The number of benzene rings is 3. The highest BCUT2D eigenvalue weighted by atomic mass is 16.4. The zero-order valence-electron chi connectivity index (χ0n) is 25.6. The highest BCUT2D eigenvalue weighted by Crippen LogP contribution is 2.40. The number of aliphatic hydroxyl groups is 1. The number of phenolic OH excluding ortho intramolecular Hbond substituents is 1. The number of fused-ring (bicyclic) bond motifs is 2. The first-order chi connectivity index (χ1) is 22.2. The van der Waals surface area contributed by atoms with Crippen LogP contribution in [0.3, 0.4) is 0 Å². The van der Waals surface area contributed by atoms with Crippen molar-refractivity contribution in [3.8, 4) is 5.75 Å². The Morgan fingerprint density at radius 2 is 1.80 bits per heavy atom. The number of unbranched alkanes of at least 4 members (excludes halogenated alkanes) is 1. The molecular weight excluding hydrogens is 586 g/mol. The number of H-pyrrole nitrogens is 1. The standard InChI is InChI=1S/C36H39N3O7/c40-29-14-11-26(27-12-15-32(42)38-33(27)29)30(41)22-37-21-24-10-13-28-31(20-24)46-35(45)39(28)18-5-2-7-23-8-6-9-25(19-23)36(34(43)44)16-3-1-4-17-36/h6,8-15,19-20,30,37,40-41H,1-5,7,16-18,21-22H2,(H,38,42)(H,43,44)/t30-/m0/s1. The number of aliphatic hydroxyl groups excluding tert-OH is 1. The molecule has 1 saturated carbocycles. The van der Waals surface area contributed by atoms with Crippen LogP contribution < -0.4 is 16.6 Å². The van der Waals surface area contributed by atoms with Crippen molar-refractivity contribution in [1.29, 1.82) is 0 Å². The number of nitrogens with zero attached hydrogens (tertiary/aromatic N) is 1. The molecule has 1 aliphatic rings. The van der Waals surface area contributed by atoms with Crippen molar-refractivity contribution in [2.45, 2.75) is 76.0 Å². The van der Waals surface area contributed by atoms with Gasteiger partial charge in [0.1, 0.15) is 5.75 Å². The molecule has 0 amide bonds. The molecule has 6 rings (SSSR count). The van der Waals surface area contributed by atoms with Crippen LogP contribution in [0.15, 0.2) is 80.7 Å². The number of nitrogens with one attached hydrogen (secondary N) is 2. The highest BCUT2D eigenvalue weighted by Gasteiger charge is 2.41. The molecule has 0 saturated heterocycles. The van der Waals surface area contributed by atoms with Gasteiger partial charge in [0.05, 0.1) is 22.6 Å². The first-order valence-corrected chi connectivity index (χ1v) is 15.9. The van der Waals surface area contributed by atoms with Crippen LogP contribution in [0.1, 0.15) is 73.3 Å². The minimum atomic E-state index is -0.884. The Kier molecular flexibility index (Phi) is 9.10. The van der Waals surface area contributed by atoms with Gasteiger partial charge in [0.2, 0.25) is 5.56 Å². The normalized spacial score (nSPS) is 15.3. The predicted octanol–water partition coefficient (Wildman–Crippen LogP) is 5.27. The Balaban J connectivity index is 1.04. The number of rotatable bonds is 12. The number of aliphatic carboxylic acids is 1. The molecule has 5 aromatic rings. The van der Waals surface area contributed by atoms with E-state index in [2.05, 4.69) is 16.4 Å². The van der Waals surface area contributed by atoms with Gasteiger partial charge < -0.3 is 30.0 Å². The number of aryl methyl sites for hydroxylation is 2. The molecule has 2 heterocycles. The number of oxazole rings is 1. The number of aromatic amines is 1. The lowest BCUT2D eigenvalue weighted by molar-refractivity contribution is -0.145. The van der Waals surface area contributed by atoms with Crippen molar-refractivity contribution in [1.82, 2.24) is 14.9 Å². The number of carbonyl (C=O) groups is 1. The summed E-state index contributed by atoms with van der Waals surface area (Å²) in [5.74, 6) is -1.20. The molecule has 1 aliphatic carbocycles. The largest absolute Gasteiger partial charge is 0.506 e. The Morgan fingerprint density at radius 3 is 2.61 bits per heavy atom. The maximum Gasteiger partial charge on any atom is 0.419 e. The van der Waals surface area contributed by atoms with Gasteiger partial charge in [0, 0.05) is 31.1 Å². The van der Waals surface area contributed by atoms with Crippen LogP contribution in [0.5, 0.6) is 5.75 Å². The number of carboxylic acid groups (broad SMARTS) is 1. The molecule has 240 valence electrons. The van der Waals surface area contributed by atoms with Crippen molar-refractivity contribution in [3.05, 3.63) is 110 Å². The average molecular weight is 626 g/mol. The van der Waals surface area contributed by atoms with E-state index in [-0.39, 0.29) is 23.4 Å². The van der Waals surface area contributed by atoms with E-state index in [0.717, 1.165) is 60.7 Å². The molecule has 10 heteroatoms. The highest BCUT2D eigenvalue weighted by molar-refractivity contribution is 5.87. The first kappa shape index (κ1) is 31.3. The summed E-state index contributed by atoms with van der Waals surface area (Å²) in [6.07, 6.45) is 5.86. The van der Waals surface area contributed by atoms with Gasteiger partial charge in [0.25, 0.3) is 0 Å². The van der Waals surface area contributed by atoms with Gasteiger partial charge in [0.15, 0.2) is 5.58 Å². The van der Waals surface area contributed by atoms with Gasteiger partial charge >= 0.3 is 11.7 Å². The molecule has 0 radical (unpaired) electrons. The minimum Gasteiger partial charge on any atom is -0.506 e. The summed E-state index contributed by atoms with van der Waals surface area (Å²) in [7, 11) is 0. The second kappa shape index (κ2) is 13.4. The number of hydrogen-bond acceptors (Lipinski definition) is 7. The lowest BCUT2D eigenvalue weighted by atomic mass is 9.69. The fourth-order valence-electron chi connectivity index (χ4n) is 6.85. The van der Waals surface area contributed by atoms with Crippen molar-refractivity contribution in [2.75, 3.05) is 6.54 Å². The lowest BCUT2D eigenvalue weighted by Gasteiger charge is -2.34. The fraction of sp³-hybridized carbons (Fsp3) is 0.361. The van der Waals surface area contributed by atoms with Gasteiger partial charge in [-0.1, -0.05) is 55.7 Å². The molecule has 10 nitrogen and oxygen atoms in total. The van der Waals surface area contributed by atoms with E-state index in [4.69, 9.17) is 4.42 Å². The van der Waals surface area contributed by atoms with Crippen molar-refractivity contribution < 1.29 is 24.5 Å². The van der Waals surface area contributed by atoms with Crippen LogP contribution in [0, 0.1) is 0 Å². The number of aromatic hydroxyl groups is 1. The summed E-state index contributed by atoms with van der Waals surface area (Å²) in [6, 6.07) is 19.7. The van der Waals surface area contributed by atoms with E-state index in [1.54, 1.807) is 16.7 Å². The topological polar surface area (TPSA) is 158 Å².